The molecule has 0 unspecified atom stereocenters. The maximum absolute atomic E-state index is 12.7. The molecule has 1 heterocycles. The van der Waals surface area contributed by atoms with Gasteiger partial charge in [0, 0.05) is 11.6 Å². The van der Waals surface area contributed by atoms with E-state index in [0.717, 1.165) is 5.56 Å². The second kappa shape index (κ2) is 4.58. The van der Waals surface area contributed by atoms with Crippen LogP contribution < -0.4 is 0 Å². The maximum Gasteiger partial charge on any atom is 0.243 e. The van der Waals surface area contributed by atoms with Crippen LogP contribution in [-0.4, -0.2) is 35.5 Å². The lowest BCUT2D eigenvalue weighted by Crippen LogP contribution is -2.46. The van der Waals surface area contributed by atoms with Crippen molar-refractivity contribution in [3.63, 3.8) is 0 Å². The molecule has 0 saturated carbocycles. The molecule has 0 aromatic heterocycles. The molecule has 1 fully saturated rings. The first-order valence-corrected chi connectivity index (χ1v) is 7.89. The Bertz CT molecular complexity index is 563. The summed E-state index contributed by atoms with van der Waals surface area (Å²) in [4.78, 5) is 0.284. The molecule has 1 aliphatic heterocycles. The molecular formula is C14H21NO3S. The minimum Gasteiger partial charge on any atom is -0.391 e. The van der Waals surface area contributed by atoms with E-state index in [1.165, 1.54) is 4.31 Å². The molecule has 1 aromatic rings. The highest BCUT2D eigenvalue weighted by atomic mass is 32.2. The van der Waals surface area contributed by atoms with Crippen LogP contribution in [0.3, 0.4) is 0 Å². The van der Waals surface area contributed by atoms with E-state index in [1.807, 2.05) is 20.8 Å². The summed E-state index contributed by atoms with van der Waals surface area (Å²) >= 11 is 0. The molecule has 2 atom stereocenters. The van der Waals surface area contributed by atoms with Crippen molar-refractivity contribution in [1.29, 1.82) is 0 Å². The highest BCUT2D eigenvalue weighted by Crippen LogP contribution is 2.38. The van der Waals surface area contributed by atoms with Gasteiger partial charge in [-0.3, -0.25) is 0 Å². The molecule has 0 radical (unpaired) electrons. The molecule has 5 heteroatoms. The number of hydrogen-bond acceptors (Lipinski definition) is 3. The van der Waals surface area contributed by atoms with Crippen LogP contribution in [0.2, 0.25) is 0 Å². The van der Waals surface area contributed by atoms with Crippen LogP contribution in [0.25, 0.3) is 0 Å². The zero-order valence-corrected chi connectivity index (χ0v) is 12.6. The molecule has 1 saturated heterocycles. The van der Waals surface area contributed by atoms with E-state index in [0.29, 0.717) is 6.42 Å². The molecule has 106 valence electrons. The molecular weight excluding hydrogens is 262 g/mol. The zero-order chi connectivity index (χ0) is 14.4. The zero-order valence-electron chi connectivity index (χ0n) is 11.8. The highest BCUT2D eigenvalue weighted by Gasteiger charge is 2.49. The van der Waals surface area contributed by atoms with Crippen LogP contribution in [0.4, 0.5) is 0 Å². The molecule has 0 bridgehead atoms. The Labute approximate surface area is 115 Å². The average Bonchev–Trinajstić information content (AvgIpc) is 2.48. The standard InChI is InChI=1S/C14H21NO3S/c1-10-5-7-12(8-6-10)19(17,18)15-11(2)13(16)9-14(15,3)4/h5-8,11,13,16H,9H2,1-4H3/t11-,13+/m1/s1. The molecule has 4 nitrogen and oxygen atoms in total. The van der Waals surface area contributed by atoms with Gasteiger partial charge < -0.3 is 5.11 Å². The van der Waals surface area contributed by atoms with Crippen LogP contribution in [-0.2, 0) is 10.0 Å². The van der Waals surface area contributed by atoms with Crippen LogP contribution in [0, 0.1) is 6.92 Å². The number of nitrogens with zero attached hydrogens (tertiary/aromatic N) is 1. The Kier molecular flexibility index (Phi) is 3.49. The third kappa shape index (κ3) is 2.42. The van der Waals surface area contributed by atoms with Gasteiger partial charge in [0.1, 0.15) is 0 Å². The number of hydrogen-bond donors (Lipinski definition) is 1. The Hall–Kier alpha value is -0.910. The van der Waals surface area contributed by atoms with Gasteiger partial charge in [-0.25, -0.2) is 8.42 Å². The summed E-state index contributed by atoms with van der Waals surface area (Å²) in [5.41, 5.74) is 0.454. The second-order valence-corrected chi connectivity index (χ2v) is 7.75. The van der Waals surface area contributed by atoms with Crippen molar-refractivity contribution in [2.45, 2.75) is 56.7 Å². The van der Waals surface area contributed by atoms with Gasteiger partial charge in [0.15, 0.2) is 0 Å². The van der Waals surface area contributed by atoms with Crippen molar-refractivity contribution < 1.29 is 13.5 Å². The molecule has 1 N–H and O–H groups in total. The summed E-state index contributed by atoms with van der Waals surface area (Å²) in [6, 6.07) is 6.42. The van der Waals surface area contributed by atoms with E-state index in [4.69, 9.17) is 0 Å². The fourth-order valence-electron chi connectivity index (χ4n) is 2.85. The second-order valence-electron chi connectivity index (χ2n) is 5.94. The highest BCUT2D eigenvalue weighted by molar-refractivity contribution is 7.89. The van der Waals surface area contributed by atoms with Crippen molar-refractivity contribution in [3.8, 4) is 0 Å². The van der Waals surface area contributed by atoms with Crippen molar-refractivity contribution in [2.24, 2.45) is 0 Å². The summed E-state index contributed by atoms with van der Waals surface area (Å²) in [6.07, 6.45) is -0.158. The average molecular weight is 283 g/mol. The van der Waals surface area contributed by atoms with Gasteiger partial charge in [-0.05, 0) is 46.2 Å². The normalized spacial score (nSPS) is 27.6. The molecule has 0 spiro atoms. The fraction of sp³-hybridized carbons (Fsp3) is 0.571. The number of rotatable bonds is 2. The quantitative estimate of drug-likeness (QED) is 0.902. The van der Waals surface area contributed by atoms with Crippen molar-refractivity contribution in [2.75, 3.05) is 0 Å². The van der Waals surface area contributed by atoms with Gasteiger partial charge in [0.25, 0.3) is 0 Å². The molecule has 1 aliphatic rings. The summed E-state index contributed by atoms with van der Waals surface area (Å²) < 4.78 is 26.9. The van der Waals surface area contributed by atoms with E-state index < -0.39 is 27.7 Å². The first kappa shape index (κ1) is 14.5. The SMILES string of the molecule is Cc1ccc(S(=O)(=O)N2[C@H](C)[C@@H](O)CC2(C)C)cc1. The predicted molar refractivity (Wildman–Crippen MR) is 74.4 cm³/mol. The molecule has 0 amide bonds. The van der Waals surface area contributed by atoms with Gasteiger partial charge in [-0.1, -0.05) is 17.7 Å². The van der Waals surface area contributed by atoms with E-state index >= 15 is 0 Å². The Morgan fingerprint density at radius 1 is 1.26 bits per heavy atom. The van der Waals surface area contributed by atoms with E-state index in [1.54, 1.807) is 31.2 Å². The van der Waals surface area contributed by atoms with Crippen LogP contribution in [0.5, 0.6) is 0 Å². The van der Waals surface area contributed by atoms with Gasteiger partial charge in [0.05, 0.1) is 11.0 Å². The van der Waals surface area contributed by atoms with E-state index in [2.05, 4.69) is 0 Å². The Morgan fingerprint density at radius 2 is 1.79 bits per heavy atom. The summed E-state index contributed by atoms with van der Waals surface area (Å²) in [5.74, 6) is 0. The maximum atomic E-state index is 12.7. The van der Waals surface area contributed by atoms with Crippen molar-refractivity contribution in [1.82, 2.24) is 4.31 Å². The summed E-state index contributed by atoms with van der Waals surface area (Å²) in [5, 5.41) is 9.95. The van der Waals surface area contributed by atoms with Gasteiger partial charge in [-0.2, -0.15) is 4.31 Å². The Balaban J connectivity index is 2.47. The fourth-order valence-corrected chi connectivity index (χ4v) is 4.86. The van der Waals surface area contributed by atoms with Gasteiger partial charge in [0.2, 0.25) is 10.0 Å². The summed E-state index contributed by atoms with van der Waals surface area (Å²) in [6.45, 7) is 7.38. The first-order valence-electron chi connectivity index (χ1n) is 6.45. The van der Waals surface area contributed by atoms with Gasteiger partial charge >= 0.3 is 0 Å². The van der Waals surface area contributed by atoms with Gasteiger partial charge in [-0.15, -0.1) is 0 Å². The molecule has 1 aromatic carbocycles. The van der Waals surface area contributed by atoms with Crippen LogP contribution in [0.1, 0.15) is 32.8 Å². The largest absolute Gasteiger partial charge is 0.391 e. The lowest BCUT2D eigenvalue weighted by atomic mass is 10.0. The van der Waals surface area contributed by atoms with Crippen LogP contribution in [0.15, 0.2) is 29.2 Å². The summed E-state index contributed by atoms with van der Waals surface area (Å²) in [7, 11) is -3.57. The molecule has 2 rings (SSSR count). The minimum atomic E-state index is -3.57. The van der Waals surface area contributed by atoms with Crippen LogP contribution >= 0.6 is 0 Å². The lowest BCUT2D eigenvalue weighted by molar-refractivity contribution is 0.150. The number of aliphatic hydroxyl groups excluding tert-OH is 1. The third-order valence-electron chi connectivity index (χ3n) is 3.81. The number of aliphatic hydroxyl groups is 1. The smallest absolute Gasteiger partial charge is 0.243 e. The minimum absolute atomic E-state index is 0.284. The molecule has 0 aliphatic carbocycles. The first-order chi connectivity index (χ1) is 8.66. The number of aryl methyl sites for hydroxylation is 1. The molecule has 19 heavy (non-hydrogen) atoms. The Morgan fingerprint density at radius 3 is 2.21 bits per heavy atom. The van der Waals surface area contributed by atoms with E-state index in [-0.39, 0.29) is 4.90 Å². The number of benzene rings is 1. The predicted octanol–water partition coefficient (Wildman–Crippen LogP) is 1.92. The lowest BCUT2D eigenvalue weighted by Gasteiger charge is -2.33. The van der Waals surface area contributed by atoms with E-state index in [9.17, 15) is 13.5 Å². The number of sulfonamides is 1. The topological polar surface area (TPSA) is 57.6 Å². The monoisotopic (exact) mass is 283 g/mol. The van der Waals surface area contributed by atoms with Crippen molar-refractivity contribution in [3.05, 3.63) is 29.8 Å². The third-order valence-corrected chi connectivity index (χ3v) is 6.02. The van der Waals surface area contributed by atoms with Crippen molar-refractivity contribution >= 4 is 10.0 Å².